The highest BCUT2D eigenvalue weighted by molar-refractivity contribution is 6.07. The normalized spacial score (nSPS) is 23.5. The Balaban J connectivity index is 1.59. The summed E-state index contributed by atoms with van der Waals surface area (Å²) >= 11 is 0. The van der Waals surface area contributed by atoms with Crippen molar-refractivity contribution in [3.8, 4) is 5.75 Å². The number of aromatic nitrogens is 3. The molecule has 0 aliphatic heterocycles. The summed E-state index contributed by atoms with van der Waals surface area (Å²) in [5.41, 5.74) is 7.62. The molecule has 0 saturated heterocycles. The first-order valence-corrected chi connectivity index (χ1v) is 10.6. The molecule has 1 saturated carbocycles. The van der Waals surface area contributed by atoms with Gasteiger partial charge in [0.25, 0.3) is 5.91 Å². The number of nitrogen functional groups attached to an aromatic ring is 1. The van der Waals surface area contributed by atoms with Gasteiger partial charge in [-0.05, 0) is 50.3 Å². The van der Waals surface area contributed by atoms with E-state index in [4.69, 9.17) is 15.5 Å². The molecule has 1 aliphatic carbocycles. The summed E-state index contributed by atoms with van der Waals surface area (Å²) in [6, 6.07) is 6.97. The van der Waals surface area contributed by atoms with E-state index in [-0.39, 0.29) is 17.9 Å². The first kappa shape index (κ1) is 21.8. The number of amides is 1. The second kappa shape index (κ2) is 8.58. The van der Waals surface area contributed by atoms with Gasteiger partial charge in [0.05, 0.1) is 30.5 Å². The van der Waals surface area contributed by atoms with Crippen LogP contribution < -0.4 is 15.8 Å². The molecule has 4 N–H and O–H groups in total. The number of ether oxygens (including phenoxy) is 1. The molecule has 2 aromatic heterocycles. The monoisotopic (exact) mass is 436 g/mol. The average Bonchev–Trinajstić information content (AvgIpc) is 3.16. The number of benzene rings is 1. The number of hydrogen-bond acceptors (Lipinski definition) is 7. The first-order chi connectivity index (χ1) is 15.3. The number of methoxy groups -OCH3 is 1. The zero-order valence-electron chi connectivity index (χ0n) is 18.4. The maximum Gasteiger partial charge on any atom is 0.260 e. The molecule has 168 valence electrons. The van der Waals surface area contributed by atoms with Crippen LogP contribution in [-0.2, 0) is 0 Å². The van der Waals surface area contributed by atoms with E-state index >= 15 is 0 Å². The number of hydrogen-bond donors (Lipinski definition) is 3. The fourth-order valence-electron chi connectivity index (χ4n) is 4.24. The number of imidazole rings is 1. The van der Waals surface area contributed by atoms with Crippen molar-refractivity contribution < 1.29 is 14.6 Å². The minimum absolute atomic E-state index is 0.0956. The molecule has 1 fully saturated rings. The SMILES string of the molecule is COc1cc(N)c(C=N[C@@H]2CC[C@@](C)(O)C[C@@H]2C)cc1C(=O)Nc1cnc2cccnn12. The Hall–Kier alpha value is -3.46. The van der Waals surface area contributed by atoms with Crippen molar-refractivity contribution in [3.63, 3.8) is 0 Å². The summed E-state index contributed by atoms with van der Waals surface area (Å²) in [6.45, 7) is 3.96. The lowest BCUT2D eigenvalue weighted by Gasteiger charge is -2.36. The lowest BCUT2D eigenvalue weighted by atomic mass is 9.77. The lowest BCUT2D eigenvalue weighted by molar-refractivity contribution is -0.00143. The van der Waals surface area contributed by atoms with Crippen LogP contribution in [0.5, 0.6) is 5.75 Å². The van der Waals surface area contributed by atoms with Crippen LogP contribution >= 0.6 is 0 Å². The smallest absolute Gasteiger partial charge is 0.260 e. The van der Waals surface area contributed by atoms with Gasteiger partial charge in [0.2, 0.25) is 0 Å². The van der Waals surface area contributed by atoms with E-state index in [9.17, 15) is 9.90 Å². The van der Waals surface area contributed by atoms with Crippen LogP contribution in [0.15, 0.2) is 41.7 Å². The predicted octanol–water partition coefficient (Wildman–Crippen LogP) is 2.93. The number of aliphatic hydroxyl groups is 1. The largest absolute Gasteiger partial charge is 0.496 e. The Bertz CT molecular complexity index is 1170. The highest BCUT2D eigenvalue weighted by Gasteiger charge is 2.33. The zero-order chi connectivity index (χ0) is 22.9. The fraction of sp³-hybridized carbons (Fsp3) is 0.391. The van der Waals surface area contributed by atoms with Gasteiger partial charge in [-0.2, -0.15) is 9.61 Å². The van der Waals surface area contributed by atoms with Gasteiger partial charge in [-0.1, -0.05) is 6.92 Å². The molecule has 1 amide bonds. The number of aliphatic imine (C=N–C) groups is 1. The fourth-order valence-corrected chi connectivity index (χ4v) is 4.24. The maximum atomic E-state index is 13.1. The quantitative estimate of drug-likeness (QED) is 0.417. The Kier molecular flexibility index (Phi) is 5.84. The maximum absolute atomic E-state index is 13.1. The number of anilines is 2. The van der Waals surface area contributed by atoms with Crippen LogP contribution in [0, 0.1) is 5.92 Å². The summed E-state index contributed by atoms with van der Waals surface area (Å²) < 4.78 is 6.94. The van der Waals surface area contributed by atoms with Crippen LogP contribution in [0.1, 0.15) is 49.0 Å². The Morgan fingerprint density at radius 2 is 2.28 bits per heavy atom. The average molecular weight is 437 g/mol. The van der Waals surface area contributed by atoms with Crippen molar-refractivity contribution in [1.29, 1.82) is 0 Å². The van der Waals surface area contributed by atoms with Gasteiger partial charge in [0.1, 0.15) is 5.75 Å². The molecule has 0 unspecified atom stereocenters. The minimum Gasteiger partial charge on any atom is -0.496 e. The molecule has 0 spiro atoms. The minimum atomic E-state index is -0.636. The summed E-state index contributed by atoms with van der Waals surface area (Å²) in [5, 5.41) is 17.3. The number of nitrogens with two attached hydrogens (primary N) is 1. The van der Waals surface area contributed by atoms with Crippen molar-refractivity contribution in [1.82, 2.24) is 14.6 Å². The number of fused-ring (bicyclic) bond motifs is 1. The molecule has 0 radical (unpaired) electrons. The molecule has 0 bridgehead atoms. The third-order valence-corrected chi connectivity index (χ3v) is 5.97. The summed E-state index contributed by atoms with van der Waals surface area (Å²) in [5.74, 6) is 0.690. The Labute approximate surface area is 186 Å². The molecule has 3 aromatic rings. The van der Waals surface area contributed by atoms with E-state index in [1.807, 2.05) is 6.92 Å². The topological polar surface area (TPSA) is 127 Å². The second-order valence-corrected chi connectivity index (χ2v) is 8.64. The molecule has 32 heavy (non-hydrogen) atoms. The van der Waals surface area contributed by atoms with Gasteiger partial charge < -0.3 is 20.9 Å². The Morgan fingerprint density at radius 1 is 1.47 bits per heavy atom. The molecule has 4 rings (SSSR count). The van der Waals surface area contributed by atoms with E-state index in [2.05, 4.69) is 22.3 Å². The van der Waals surface area contributed by atoms with Crippen LogP contribution in [-0.4, -0.2) is 50.6 Å². The summed E-state index contributed by atoms with van der Waals surface area (Å²) in [4.78, 5) is 22.0. The third kappa shape index (κ3) is 4.43. The first-order valence-electron chi connectivity index (χ1n) is 10.6. The van der Waals surface area contributed by atoms with Gasteiger partial charge in [0, 0.05) is 29.7 Å². The zero-order valence-corrected chi connectivity index (χ0v) is 18.4. The van der Waals surface area contributed by atoms with Crippen LogP contribution in [0.4, 0.5) is 11.5 Å². The van der Waals surface area contributed by atoms with E-state index < -0.39 is 5.60 Å². The number of carbonyl (C=O) groups excluding carboxylic acids is 1. The number of nitrogens with zero attached hydrogens (tertiary/aromatic N) is 4. The third-order valence-electron chi connectivity index (χ3n) is 5.97. The van der Waals surface area contributed by atoms with Gasteiger partial charge in [-0.15, -0.1) is 0 Å². The van der Waals surface area contributed by atoms with E-state index in [0.717, 1.165) is 6.42 Å². The van der Waals surface area contributed by atoms with Crippen LogP contribution in [0.2, 0.25) is 0 Å². The molecule has 9 nitrogen and oxygen atoms in total. The van der Waals surface area contributed by atoms with Gasteiger partial charge in [-0.25, -0.2) is 4.98 Å². The van der Waals surface area contributed by atoms with Crippen molar-refractivity contribution in [2.24, 2.45) is 10.9 Å². The highest BCUT2D eigenvalue weighted by atomic mass is 16.5. The van der Waals surface area contributed by atoms with Gasteiger partial charge in [-0.3, -0.25) is 9.79 Å². The molecule has 1 aliphatic rings. The van der Waals surface area contributed by atoms with Crippen molar-refractivity contribution >= 4 is 29.3 Å². The standard InChI is InChI=1S/C23H28N6O3/c1-14-11-23(2,31)7-6-18(14)25-12-15-9-16(19(32-3)10-17(15)24)22(30)28-21-13-26-20-5-4-8-27-29(20)21/h4-5,8-10,12-14,18,31H,6-7,11,24H2,1-3H3,(H,28,30)/t14-,18+,23+/m0/s1. The van der Waals surface area contributed by atoms with E-state index in [0.29, 0.717) is 46.9 Å². The van der Waals surface area contributed by atoms with Crippen molar-refractivity contribution in [2.45, 2.75) is 44.8 Å². The second-order valence-electron chi connectivity index (χ2n) is 8.64. The number of carbonyl (C=O) groups is 1. The van der Waals surface area contributed by atoms with Gasteiger partial charge >= 0.3 is 0 Å². The molecular weight excluding hydrogens is 408 g/mol. The van der Waals surface area contributed by atoms with E-state index in [1.165, 1.54) is 7.11 Å². The number of rotatable bonds is 5. The summed E-state index contributed by atoms with van der Waals surface area (Å²) in [7, 11) is 1.49. The molecule has 2 heterocycles. The summed E-state index contributed by atoms with van der Waals surface area (Å²) in [6.07, 6.45) is 7.09. The lowest BCUT2D eigenvalue weighted by Crippen LogP contribution is -2.37. The van der Waals surface area contributed by atoms with Gasteiger partial charge in [0.15, 0.2) is 11.5 Å². The molecule has 9 heteroatoms. The van der Waals surface area contributed by atoms with Crippen molar-refractivity contribution in [2.75, 3.05) is 18.2 Å². The molecule has 1 aromatic carbocycles. The Morgan fingerprint density at radius 3 is 3.03 bits per heavy atom. The molecular formula is C23H28N6O3. The van der Waals surface area contributed by atoms with E-state index in [1.54, 1.807) is 47.4 Å². The number of nitrogens with one attached hydrogen (secondary N) is 1. The predicted molar refractivity (Wildman–Crippen MR) is 123 cm³/mol. The highest BCUT2D eigenvalue weighted by Crippen LogP contribution is 2.34. The van der Waals surface area contributed by atoms with Crippen molar-refractivity contribution in [3.05, 3.63) is 47.8 Å². The van der Waals surface area contributed by atoms with Crippen LogP contribution in [0.3, 0.4) is 0 Å². The molecule has 3 atom stereocenters. The van der Waals surface area contributed by atoms with Crippen LogP contribution in [0.25, 0.3) is 5.65 Å².